The van der Waals surface area contributed by atoms with Gasteiger partial charge in [-0.05, 0) is 68.7 Å². The van der Waals surface area contributed by atoms with Crippen molar-refractivity contribution >= 4 is 42.7 Å². The Hall–Kier alpha value is -5.26. The van der Waals surface area contributed by atoms with Crippen LogP contribution in [-0.4, -0.2) is 85.0 Å². The predicted octanol–water partition coefficient (Wildman–Crippen LogP) is 4.02. The minimum absolute atomic E-state index is 0.389. The van der Waals surface area contributed by atoms with Crippen LogP contribution in [0.15, 0.2) is 107 Å². The largest absolute Gasteiger partial charge is 0.495 e. The number of carbonyl (C=O) groups is 2. The number of anilines is 2. The molecule has 0 aromatic heterocycles. The Morgan fingerprint density at radius 1 is 0.978 bits per heavy atom. The van der Waals surface area contributed by atoms with E-state index in [1.807, 2.05) is 31.3 Å². The van der Waals surface area contributed by atoms with Gasteiger partial charge < -0.3 is 37.1 Å². The molecule has 1 fully saturated rings. The van der Waals surface area contributed by atoms with E-state index in [-0.39, 0.29) is 0 Å². The number of aldehydes is 1. The third kappa shape index (κ3) is 17.1. The molecule has 248 valence electrons. The Bertz CT molecular complexity index is 1310. The Balaban J connectivity index is 0.000000703. The van der Waals surface area contributed by atoms with Crippen LogP contribution < -0.4 is 32.2 Å². The molecular formula is C35H50N8O3. The Morgan fingerprint density at radius 2 is 1.59 bits per heavy atom. The number of benzene rings is 3. The highest BCUT2D eigenvalue weighted by Crippen LogP contribution is 2.32. The molecule has 0 saturated carbocycles. The highest BCUT2D eigenvalue weighted by Gasteiger charge is 2.17. The minimum Gasteiger partial charge on any atom is -0.495 e. The summed E-state index contributed by atoms with van der Waals surface area (Å²) in [6.45, 7) is 10.1. The molecule has 0 atom stereocenters. The molecule has 1 heterocycles. The molecule has 46 heavy (non-hydrogen) atoms. The number of rotatable bonds is 9. The summed E-state index contributed by atoms with van der Waals surface area (Å²) in [5.41, 5.74) is 21.6. The lowest BCUT2D eigenvalue weighted by atomic mass is 10.0. The highest BCUT2D eigenvalue weighted by molar-refractivity contribution is 5.80. The maximum atomic E-state index is 9.06. The lowest BCUT2D eigenvalue weighted by Gasteiger charge is -2.34. The number of piperazine rings is 1. The van der Waals surface area contributed by atoms with Crippen LogP contribution in [0.25, 0.3) is 0 Å². The molecule has 11 heteroatoms. The first-order chi connectivity index (χ1) is 22.3. The Kier molecular flexibility index (Phi) is 23.2. The predicted molar refractivity (Wildman–Crippen MR) is 195 cm³/mol. The van der Waals surface area contributed by atoms with Crippen molar-refractivity contribution in [1.29, 1.82) is 0 Å². The summed E-state index contributed by atoms with van der Waals surface area (Å²) in [6, 6.07) is 24.9. The molecule has 3 aromatic carbocycles. The van der Waals surface area contributed by atoms with Crippen LogP contribution in [0.1, 0.15) is 11.1 Å². The number of allylic oxidation sites excluding steroid dienone is 2. The fraction of sp³-hybridized carbons (Fsp3) is 0.257. The summed E-state index contributed by atoms with van der Waals surface area (Å²) in [7, 11) is 7.26. The molecular weight excluding hydrogens is 580 g/mol. The highest BCUT2D eigenvalue weighted by atomic mass is 16.5. The zero-order valence-corrected chi connectivity index (χ0v) is 27.5. The number of nitrogens with zero attached hydrogens (tertiary/aromatic N) is 4. The number of nitrogens with one attached hydrogen (secondary N) is 1. The molecule has 0 unspecified atom stereocenters. The second-order valence-electron chi connectivity index (χ2n) is 9.34. The van der Waals surface area contributed by atoms with Crippen molar-refractivity contribution in [1.82, 2.24) is 4.90 Å². The van der Waals surface area contributed by atoms with Gasteiger partial charge in [0.2, 0.25) is 6.41 Å². The van der Waals surface area contributed by atoms with Crippen molar-refractivity contribution in [3.8, 4) is 5.75 Å². The van der Waals surface area contributed by atoms with Crippen LogP contribution in [0.4, 0.5) is 17.1 Å². The number of amides is 1. The smallest absolute Gasteiger partial charge is 0.232 e. The van der Waals surface area contributed by atoms with Crippen molar-refractivity contribution in [3.63, 3.8) is 0 Å². The van der Waals surface area contributed by atoms with Crippen molar-refractivity contribution in [2.45, 2.75) is 6.42 Å². The second-order valence-corrected chi connectivity index (χ2v) is 9.34. The van der Waals surface area contributed by atoms with E-state index in [4.69, 9.17) is 25.8 Å². The molecule has 1 aliphatic heterocycles. The first kappa shape index (κ1) is 40.7. The van der Waals surface area contributed by atoms with E-state index in [1.165, 1.54) is 42.4 Å². The van der Waals surface area contributed by atoms with E-state index in [1.54, 1.807) is 7.11 Å². The van der Waals surface area contributed by atoms with Gasteiger partial charge in [0.25, 0.3) is 0 Å². The van der Waals surface area contributed by atoms with Gasteiger partial charge in [0.05, 0.1) is 30.4 Å². The van der Waals surface area contributed by atoms with Crippen LogP contribution in [0.3, 0.4) is 0 Å². The minimum atomic E-state index is 0.389. The second kappa shape index (κ2) is 26.2. The van der Waals surface area contributed by atoms with Crippen LogP contribution in [0.5, 0.6) is 5.75 Å². The average molecular weight is 631 g/mol. The number of likely N-dealkylation sites (N-methyl/N-ethyl adjacent to an activating group) is 1. The molecule has 0 spiro atoms. The van der Waals surface area contributed by atoms with Crippen molar-refractivity contribution in [2.24, 2.45) is 27.2 Å². The number of nitrogens with two attached hydrogens (primary N) is 3. The maximum absolute atomic E-state index is 9.06. The summed E-state index contributed by atoms with van der Waals surface area (Å²) in [6.07, 6.45) is 6.07. The van der Waals surface area contributed by atoms with Crippen molar-refractivity contribution in [3.05, 3.63) is 108 Å². The zero-order valence-electron chi connectivity index (χ0n) is 27.5. The van der Waals surface area contributed by atoms with Crippen LogP contribution >= 0.6 is 0 Å². The summed E-state index contributed by atoms with van der Waals surface area (Å²) in [5.74, 6) is 0.824. The fourth-order valence-electron chi connectivity index (χ4n) is 3.92. The summed E-state index contributed by atoms with van der Waals surface area (Å²) in [5, 5.41) is 3.15. The molecule has 1 aliphatic rings. The van der Waals surface area contributed by atoms with Gasteiger partial charge in [0, 0.05) is 51.2 Å². The van der Waals surface area contributed by atoms with E-state index < -0.39 is 0 Å². The van der Waals surface area contributed by atoms with Gasteiger partial charge >= 0.3 is 0 Å². The molecule has 3 aromatic rings. The fourth-order valence-corrected chi connectivity index (χ4v) is 3.92. The standard InChI is InChI=1S/C15H23N5O.C14H15N.C3H4O.C2H3NO.CH5N/c1-19-5-7-20(8-6-19)14-4-3-13(9-15(14)21-2)18-11-12(17)10-16;1-15-14-9-5-8-13(11-14)10-12-6-3-2-4-7-12;1-2-3-4;1-3-2-4;1-2/h3-4,9-11H,5-8,16-17H2,1-2H3;2-9,11,15H,10H2,1H3;2-3H,1H2;2H,1H2;2H2,1H3/b12-10-,18-11?;;;;. The van der Waals surface area contributed by atoms with Crippen LogP contribution in [0, 0.1) is 0 Å². The molecule has 0 radical (unpaired) electrons. The number of ether oxygens (including phenoxy) is 1. The van der Waals surface area contributed by atoms with E-state index in [9.17, 15) is 0 Å². The van der Waals surface area contributed by atoms with Gasteiger partial charge in [-0.1, -0.05) is 49.0 Å². The lowest BCUT2D eigenvalue weighted by Crippen LogP contribution is -2.44. The molecule has 0 bridgehead atoms. The van der Waals surface area contributed by atoms with Crippen molar-refractivity contribution < 1.29 is 14.3 Å². The van der Waals surface area contributed by atoms with Gasteiger partial charge in [-0.25, -0.2) is 4.99 Å². The van der Waals surface area contributed by atoms with Crippen LogP contribution in [-0.2, 0) is 16.0 Å². The quantitative estimate of drug-likeness (QED) is 0.155. The third-order valence-corrected chi connectivity index (χ3v) is 6.20. The topological polar surface area (TPSA) is 165 Å². The molecule has 11 nitrogen and oxygen atoms in total. The molecule has 4 rings (SSSR count). The van der Waals surface area contributed by atoms with E-state index in [2.05, 4.69) is 99.7 Å². The molecule has 1 amide bonds. The first-order valence-electron chi connectivity index (χ1n) is 14.5. The number of hydrogen-bond donors (Lipinski definition) is 4. The van der Waals surface area contributed by atoms with E-state index in [0.29, 0.717) is 18.4 Å². The number of aliphatic imine (C=N–C) groups is 2. The normalized spacial score (nSPS) is 12.2. The number of hydrogen-bond acceptors (Lipinski definition) is 10. The van der Waals surface area contributed by atoms with Crippen molar-refractivity contribution in [2.75, 3.05) is 64.6 Å². The third-order valence-electron chi connectivity index (χ3n) is 6.20. The number of carbonyl (C=O) groups excluding carboxylic acids is 2. The summed E-state index contributed by atoms with van der Waals surface area (Å²) < 4.78 is 5.50. The summed E-state index contributed by atoms with van der Waals surface area (Å²) in [4.78, 5) is 29.7. The molecule has 1 saturated heterocycles. The SMILES string of the molecule is C=CC=O.C=NC=O.CN.CNc1cccc(Cc2ccccc2)c1.COc1cc(N=C/C(N)=C/N)ccc1N1CCN(C)CC1. The Morgan fingerprint density at radius 3 is 2.11 bits per heavy atom. The van der Waals surface area contributed by atoms with Gasteiger partial charge in [-0.15, -0.1) is 0 Å². The van der Waals surface area contributed by atoms with E-state index in [0.717, 1.165) is 49.7 Å². The lowest BCUT2D eigenvalue weighted by molar-refractivity contribution is -0.106. The first-order valence-corrected chi connectivity index (χ1v) is 14.5. The molecule has 7 N–H and O–H groups in total. The monoisotopic (exact) mass is 630 g/mol. The number of methoxy groups -OCH3 is 1. The van der Waals surface area contributed by atoms with Gasteiger partial charge in [0.1, 0.15) is 12.0 Å². The maximum Gasteiger partial charge on any atom is 0.232 e. The van der Waals surface area contributed by atoms with E-state index >= 15 is 0 Å². The van der Waals surface area contributed by atoms with Crippen LogP contribution in [0.2, 0.25) is 0 Å². The zero-order chi connectivity index (χ0) is 34.6. The van der Waals surface area contributed by atoms with Gasteiger partial charge in [-0.2, -0.15) is 0 Å². The Labute approximate surface area is 274 Å². The van der Waals surface area contributed by atoms with Gasteiger partial charge in [0.15, 0.2) is 0 Å². The average Bonchev–Trinajstić information content (AvgIpc) is 3.12. The van der Waals surface area contributed by atoms with Gasteiger partial charge in [-0.3, -0.25) is 14.6 Å². The molecule has 0 aliphatic carbocycles. The summed E-state index contributed by atoms with van der Waals surface area (Å²) >= 11 is 0.